The fourth-order valence-electron chi connectivity index (χ4n) is 3.93. The van der Waals surface area contributed by atoms with E-state index in [1.165, 1.54) is 11.0 Å². The smallest absolute Gasteiger partial charge is 0.410 e. The van der Waals surface area contributed by atoms with Crippen LogP contribution in [0.3, 0.4) is 0 Å². The Bertz CT molecular complexity index is 1340. The first-order chi connectivity index (χ1) is 16.8. The molecule has 1 aliphatic rings. The van der Waals surface area contributed by atoms with Crippen molar-refractivity contribution >= 4 is 29.8 Å². The average Bonchev–Trinajstić information content (AvgIpc) is 3.45. The van der Waals surface area contributed by atoms with Crippen molar-refractivity contribution in [1.29, 1.82) is 0 Å². The van der Waals surface area contributed by atoms with Crippen LogP contribution in [0.15, 0.2) is 41.9 Å². The molecule has 4 aromatic rings. The van der Waals surface area contributed by atoms with Gasteiger partial charge in [0.1, 0.15) is 23.1 Å². The van der Waals surface area contributed by atoms with Crippen LogP contribution < -0.4 is 4.74 Å². The van der Waals surface area contributed by atoms with E-state index in [1.54, 1.807) is 23.2 Å². The number of benzene rings is 1. The summed E-state index contributed by atoms with van der Waals surface area (Å²) in [5.41, 5.74) is 0.935. The molecule has 0 aliphatic carbocycles. The van der Waals surface area contributed by atoms with Crippen LogP contribution in [0.25, 0.3) is 16.7 Å². The van der Waals surface area contributed by atoms with Gasteiger partial charge in [0.25, 0.3) is 0 Å². The van der Waals surface area contributed by atoms with Gasteiger partial charge >= 0.3 is 6.09 Å². The maximum atomic E-state index is 12.4. The van der Waals surface area contributed by atoms with Crippen LogP contribution in [0.5, 0.6) is 11.6 Å². The molecule has 0 N–H and O–H groups in total. The third-order valence-electron chi connectivity index (χ3n) is 5.57. The molecule has 5 rings (SSSR count). The van der Waals surface area contributed by atoms with E-state index in [0.29, 0.717) is 40.9 Å². The molecule has 1 aliphatic heterocycles. The quantitative estimate of drug-likeness (QED) is 0.424. The fourth-order valence-corrected chi connectivity index (χ4v) is 4.12. The highest BCUT2D eigenvalue weighted by molar-refractivity contribution is 7.80. The minimum atomic E-state index is -0.511. The number of hydrogen-bond donors (Lipinski definition) is 1. The lowest BCUT2D eigenvalue weighted by molar-refractivity contribution is 0.0186. The summed E-state index contributed by atoms with van der Waals surface area (Å²) in [6.07, 6.45) is 4.40. The van der Waals surface area contributed by atoms with E-state index in [1.807, 2.05) is 37.6 Å². The second-order valence-corrected chi connectivity index (χ2v) is 9.59. The van der Waals surface area contributed by atoms with Crippen LogP contribution in [0.2, 0.25) is 0 Å². The molecule has 1 fully saturated rings. The fraction of sp³-hybridized carbons (Fsp3) is 0.409. The van der Waals surface area contributed by atoms with Gasteiger partial charge in [0.05, 0.1) is 17.9 Å². The van der Waals surface area contributed by atoms with Gasteiger partial charge in [0.15, 0.2) is 5.65 Å². The molecule has 0 spiro atoms. The van der Waals surface area contributed by atoms with E-state index in [0.717, 1.165) is 18.5 Å². The molecule has 1 amide bonds. The average molecular weight is 496 g/mol. The first-order valence-corrected chi connectivity index (χ1v) is 11.6. The predicted molar refractivity (Wildman–Crippen MR) is 128 cm³/mol. The number of nitrogens with zero attached hydrogens (tertiary/aromatic N) is 9. The lowest BCUT2D eigenvalue weighted by Crippen LogP contribution is -2.42. The zero-order valence-electron chi connectivity index (χ0n) is 19.6. The molecule has 182 valence electrons. The lowest BCUT2D eigenvalue weighted by Gasteiger charge is -2.33. The summed E-state index contributed by atoms with van der Waals surface area (Å²) in [6, 6.07) is 7.36. The maximum absolute atomic E-state index is 12.4. The van der Waals surface area contributed by atoms with Crippen LogP contribution in [0.1, 0.15) is 39.7 Å². The first kappa shape index (κ1) is 23.0. The Hall–Kier alpha value is -3.74. The molecule has 0 bridgehead atoms. The van der Waals surface area contributed by atoms with E-state index >= 15 is 0 Å². The highest BCUT2D eigenvalue weighted by atomic mass is 32.1. The van der Waals surface area contributed by atoms with Gasteiger partial charge in [-0.05, 0) is 68.3 Å². The highest BCUT2D eigenvalue weighted by Gasteiger charge is 2.29. The highest BCUT2D eigenvalue weighted by Crippen LogP contribution is 2.31. The Morgan fingerprint density at radius 2 is 1.86 bits per heavy atom. The Morgan fingerprint density at radius 1 is 1.11 bits per heavy atom. The number of piperidine rings is 1. The van der Waals surface area contributed by atoms with Crippen LogP contribution in [0.4, 0.5) is 4.79 Å². The zero-order valence-corrected chi connectivity index (χ0v) is 20.5. The van der Waals surface area contributed by atoms with E-state index < -0.39 is 5.60 Å². The van der Waals surface area contributed by atoms with E-state index in [4.69, 9.17) is 9.47 Å². The van der Waals surface area contributed by atoms with Crippen molar-refractivity contribution in [1.82, 2.24) is 44.9 Å². The Balaban J connectivity index is 1.29. The number of amides is 1. The van der Waals surface area contributed by atoms with Crippen LogP contribution in [-0.2, 0) is 4.74 Å². The van der Waals surface area contributed by atoms with Crippen molar-refractivity contribution in [3.63, 3.8) is 0 Å². The van der Waals surface area contributed by atoms with E-state index in [-0.39, 0.29) is 12.1 Å². The normalized spacial score (nSPS) is 14.9. The Labute approximate surface area is 206 Å². The predicted octanol–water partition coefficient (Wildman–Crippen LogP) is 3.46. The van der Waals surface area contributed by atoms with Gasteiger partial charge < -0.3 is 14.4 Å². The number of carbonyl (C=O) groups is 1. The van der Waals surface area contributed by atoms with E-state index in [2.05, 4.69) is 43.2 Å². The summed E-state index contributed by atoms with van der Waals surface area (Å²) in [6.45, 7) is 6.79. The maximum Gasteiger partial charge on any atom is 0.410 e. The van der Waals surface area contributed by atoms with Crippen molar-refractivity contribution in [3.05, 3.63) is 36.8 Å². The second-order valence-electron chi connectivity index (χ2n) is 9.19. The molecule has 35 heavy (non-hydrogen) atoms. The molecule has 0 radical (unpaired) electrons. The molecule has 1 saturated heterocycles. The molecule has 12 nitrogen and oxygen atoms in total. The SMILES string of the molecule is CC(C)(C)OC(=O)N1CCC(n2ncc3c(Oc4ccc(-n5nnnc5S)cc4)ncnc32)CC1. The van der Waals surface area contributed by atoms with E-state index in [9.17, 15) is 4.79 Å². The minimum Gasteiger partial charge on any atom is -0.444 e. The zero-order chi connectivity index (χ0) is 24.6. The number of likely N-dealkylation sites (tertiary alicyclic amines) is 1. The van der Waals surface area contributed by atoms with Crippen molar-refractivity contribution in [3.8, 4) is 17.3 Å². The van der Waals surface area contributed by atoms with Gasteiger partial charge in [0.2, 0.25) is 11.0 Å². The van der Waals surface area contributed by atoms with Crippen molar-refractivity contribution in [2.24, 2.45) is 0 Å². The number of hydrogen-bond acceptors (Lipinski definition) is 10. The van der Waals surface area contributed by atoms with Gasteiger partial charge in [-0.3, -0.25) is 0 Å². The second kappa shape index (κ2) is 9.13. The van der Waals surface area contributed by atoms with Crippen LogP contribution in [0, 0.1) is 0 Å². The number of carbonyl (C=O) groups excluding carboxylic acids is 1. The molecule has 13 heteroatoms. The number of rotatable bonds is 4. The van der Waals surface area contributed by atoms with Crippen molar-refractivity contribution < 1.29 is 14.3 Å². The van der Waals surface area contributed by atoms with Gasteiger partial charge in [-0.1, -0.05) is 0 Å². The van der Waals surface area contributed by atoms with Crippen LogP contribution in [-0.4, -0.2) is 69.6 Å². The molecule has 0 unspecified atom stereocenters. The molecular weight excluding hydrogens is 470 g/mol. The monoisotopic (exact) mass is 495 g/mol. The number of thiol groups is 1. The van der Waals surface area contributed by atoms with Gasteiger partial charge in [-0.15, -0.1) is 17.7 Å². The number of tetrazole rings is 1. The number of ether oxygens (including phenoxy) is 2. The summed E-state index contributed by atoms with van der Waals surface area (Å²) in [7, 11) is 0. The standard InChI is InChI=1S/C22H25N9O3S/c1-22(2,3)34-21(32)29-10-8-15(9-11-29)30-18-17(12-25-30)19(24-13-23-18)33-16-6-4-14(5-7-16)31-20(35)26-27-28-31/h4-7,12-13,15H,8-11H2,1-3H3,(H,26,28,35). The molecule has 0 atom stereocenters. The molecule has 3 aromatic heterocycles. The van der Waals surface area contributed by atoms with Gasteiger partial charge in [0, 0.05) is 13.1 Å². The van der Waals surface area contributed by atoms with Gasteiger partial charge in [-0.2, -0.15) is 9.78 Å². The third-order valence-corrected chi connectivity index (χ3v) is 5.84. The summed E-state index contributed by atoms with van der Waals surface area (Å²) >= 11 is 4.23. The molecule has 0 saturated carbocycles. The number of fused-ring (bicyclic) bond motifs is 1. The summed E-state index contributed by atoms with van der Waals surface area (Å²) in [4.78, 5) is 22.9. The van der Waals surface area contributed by atoms with Crippen molar-refractivity contribution in [2.45, 2.75) is 50.4 Å². The van der Waals surface area contributed by atoms with Crippen molar-refractivity contribution in [2.75, 3.05) is 13.1 Å². The molecule has 1 aromatic carbocycles. The molecular formula is C22H25N9O3S. The first-order valence-electron chi connectivity index (χ1n) is 11.2. The van der Waals surface area contributed by atoms with Crippen LogP contribution >= 0.6 is 12.6 Å². The largest absolute Gasteiger partial charge is 0.444 e. The Kier molecular flexibility index (Phi) is 6.01. The molecule has 4 heterocycles. The minimum absolute atomic E-state index is 0.111. The van der Waals surface area contributed by atoms with Gasteiger partial charge in [-0.25, -0.2) is 19.4 Å². The third kappa shape index (κ3) is 4.90. The Morgan fingerprint density at radius 3 is 2.51 bits per heavy atom. The topological polar surface area (TPSA) is 126 Å². The number of aromatic nitrogens is 8. The summed E-state index contributed by atoms with van der Waals surface area (Å²) in [5.74, 6) is 1.01. The summed E-state index contributed by atoms with van der Waals surface area (Å²) in [5, 5.41) is 16.9. The summed E-state index contributed by atoms with van der Waals surface area (Å²) < 4.78 is 14.9. The lowest BCUT2D eigenvalue weighted by atomic mass is 10.1.